The van der Waals surface area contributed by atoms with Crippen molar-refractivity contribution in [3.8, 4) is 5.75 Å². The number of hydrogen-bond donors (Lipinski definition) is 0. The summed E-state index contributed by atoms with van der Waals surface area (Å²) in [4.78, 5) is 14.4. The van der Waals surface area contributed by atoms with Crippen LogP contribution in [-0.2, 0) is 6.42 Å². The summed E-state index contributed by atoms with van der Waals surface area (Å²) in [5.41, 5.74) is 1.97. The molecule has 0 saturated heterocycles. The molecular weight excluding hydrogens is 238 g/mol. The van der Waals surface area contributed by atoms with Gasteiger partial charge in [0.2, 0.25) is 0 Å². The van der Waals surface area contributed by atoms with Crippen LogP contribution >= 0.6 is 0 Å². The van der Waals surface area contributed by atoms with Gasteiger partial charge in [0, 0.05) is 18.7 Å². The van der Waals surface area contributed by atoms with Gasteiger partial charge < -0.3 is 9.64 Å². The van der Waals surface area contributed by atoms with Crippen molar-refractivity contribution in [1.82, 2.24) is 4.90 Å². The third kappa shape index (κ3) is 3.28. The van der Waals surface area contributed by atoms with Crippen molar-refractivity contribution < 1.29 is 9.53 Å². The Kier molecular flexibility index (Phi) is 4.83. The second kappa shape index (κ2) is 6.60. The van der Waals surface area contributed by atoms with Gasteiger partial charge in [-0.25, -0.2) is 0 Å². The van der Waals surface area contributed by atoms with E-state index in [9.17, 15) is 4.79 Å². The minimum absolute atomic E-state index is 0.150. The van der Waals surface area contributed by atoms with Gasteiger partial charge in [0.05, 0.1) is 6.61 Å². The van der Waals surface area contributed by atoms with Crippen LogP contribution in [0.4, 0.5) is 0 Å². The van der Waals surface area contributed by atoms with Gasteiger partial charge in [0.1, 0.15) is 5.75 Å². The number of fused-ring (bicyclic) bond motifs is 1. The number of nitrogens with zero attached hydrogens (tertiary/aromatic N) is 1. The zero-order valence-electron chi connectivity index (χ0n) is 11.9. The van der Waals surface area contributed by atoms with Crippen molar-refractivity contribution in [3.63, 3.8) is 0 Å². The van der Waals surface area contributed by atoms with E-state index in [2.05, 4.69) is 13.8 Å². The number of hydrogen-bond acceptors (Lipinski definition) is 2. The van der Waals surface area contributed by atoms with E-state index in [4.69, 9.17) is 4.74 Å². The lowest BCUT2D eigenvalue weighted by atomic mass is 10.0. The van der Waals surface area contributed by atoms with E-state index in [-0.39, 0.29) is 5.91 Å². The largest absolute Gasteiger partial charge is 0.493 e. The molecule has 0 atom stereocenters. The Bertz CT molecular complexity index is 436. The number of carbonyl (C=O) groups excluding carboxylic acids is 1. The van der Waals surface area contributed by atoms with Gasteiger partial charge in [-0.1, -0.05) is 13.8 Å². The lowest BCUT2D eigenvalue weighted by Crippen LogP contribution is -2.32. The first-order valence-corrected chi connectivity index (χ1v) is 7.31. The number of carbonyl (C=O) groups is 1. The zero-order chi connectivity index (χ0) is 13.7. The maximum Gasteiger partial charge on any atom is 0.253 e. The van der Waals surface area contributed by atoms with Crippen LogP contribution in [-0.4, -0.2) is 30.5 Å². The molecule has 19 heavy (non-hydrogen) atoms. The van der Waals surface area contributed by atoms with Gasteiger partial charge in [0.15, 0.2) is 0 Å². The van der Waals surface area contributed by atoms with E-state index in [0.717, 1.165) is 56.7 Å². The number of amides is 1. The van der Waals surface area contributed by atoms with Crippen LogP contribution in [0.1, 0.15) is 49.0 Å². The lowest BCUT2D eigenvalue weighted by molar-refractivity contribution is 0.0755. The molecule has 1 aromatic rings. The Morgan fingerprint density at radius 1 is 1.26 bits per heavy atom. The average Bonchev–Trinajstić information content (AvgIpc) is 2.46. The van der Waals surface area contributed by atoms with Crippen LogP contribution in [0.15, 0.2) is 18.2 Å². The second-order valence-corrected chi connectivity index (χ2v) is 5.07. The zero-order valence-corrected chi connectivity index (χ0v) is 11.9. The summed E-state index contributed by atoms with van der Waals surface area (Å²) >= 11 is 0. The van der Waals surface area contributed by atoms with Crippen LogP contribution in [0.25, 0.3) is 0 Å². The Morgan fingerprint density at radius 3 is 2.68 bits per heavy atom. The molecule has 1 aliphatic heterocycles. The predicted octanol–water partition coefficient (Wildman–Crippen LogP) is 3.27. The summed E-state index contributed by atoms with van der Waals surface area (Å²) in [6, 6.07) is 5.84. The highest BCUT2D eigenvalue weighted by Crippen LogP contribution is 2.26. The monoisotopic (exact) mass is 261 g/mol. The number of ether oxygens (including phenoxy) is 1. The molecule has 1 aromatic carbocycles. The SMILES string of the molecule is CCCN(CCC)C(=O)c1ccc2c(c1)CCCO2. The Morgan fingerprint density at radius 2 is 2.00 bits per heavy atom. The third-order valence-corrected chi connectivity index (χ3v) is 3.43. The Balaban J connectivity index is 2.17. The average molecular weight is 261 g/mol. The predicted molar refractivity (Wildman–Crippen MR) is 76.7 cm³/mol. The molecule has 1 amide bonds. The Labute approximate surface area is 115 Å². The minimum Gasteiger partial charge on any atom is -0.493 e. The van der Waals surface area contributed by atoms with Crippen molar-refractivity contribution in [2.45, 2.75) is 39.5 Å². The van der Waals surface area contributed by atoms with E-state index in [0.29, 0.717) is 0 Å². The highest BCUT2D eigenvalue weighted by molar-refractivity contribution is 5.94. The maximum absolute atomic E-state index is 12.5. The standard InChI is InChI=1S/C16H23NO2/c1-3-9-17(10-4-2)16(18)14-7-8-15-13(12-14)6-5-11-19-15/h7-8,12H,3-6,9-11H2,1-2H3. The van der Waals surface area contributed by atoms with Gasteiger partial charge in [-0.2, -0.15) is 0 Å². The number of benzene rings is 1. The summed E-state index contributed by atoms with van der Waals surface area (Å²) in [6.07, 6.45) is 4.05. The maximum atomic E-state index is 12.5. The first kappa shape index (κ1) is 13.9. The summed E-state index contributed by atoms with van der Waals surface area (Å²) in [5.74, 6) is 1.09. The normalized spacial score (nSPS) is 13.6. The van der Waals surface area contributed by atoms with Crippen molar-refractivity contribution in [2.24, 2.45) is 0 Å². The number of aryl methyl sites for hydroxylation is 1. The van der Waals surface area contributed by atoms with E-state index in [1.165, 1.54) is 5.56 Å². The van der Waals surface area contributed by atoms with Crippen LogP contribution in [0, 0.1) is 0 Å². The molecule has 0 bridgehead atoms. The van der Waals surface area contributed by atoms with Gasteiger partial charge >= 0.3 is 0 Å². The molecule has 0 unspecified atom stereocenters. The number of rotatable bonds is 5. The molecule has 1 aliphatic rings. The summed E-state index contributed by atoms with van der Waals surface area (Å²) in [7, 11) is 0. The summed E-state index contributed by atoms with van der Waals surface area (Å²) < 4.78 is 5.59. The molecule has 104 valence electrons. The Hall–Kier alpha value is -1.51. The molecule has 3 heteroatoms. The van der Waals surface area contributed by atoms with Crippen molar-refractivity contribution >= 4 is 5.91 Å². The molecule has 0 saturated carbocycles. The van der Waals surface area contributed by atoms with Gasteiger partial charge in [-0.05, 0) is 49.4 Å². The van der Waals surface area contributed by atoms with E-state index in [1.54, 1.807) is 0 Å². The first-order valence-electron chi connectivity index (χ1n) is 7.31. The van der Waals surface area contributed by atoms with Gasteiger partial charge in [0.25, 0.3) is 5.91 Å². The highest BCUT2D eigenvalue weighted by Gasteiger charge is 2.17. The fraction of sp³-hybridized carbons (Fsp3) is 0.562. The summed E-state index contributed by atoms with van der Waals surface area (Å²) in [6.45, 7) is 6.67. The molecule has 0 spiro atoms. The summed E-state index contributed by atoms with van der Waals surface area (Å²) in [5, 5.41) is 0. The van der Waals surface area contributed by atoms with Crippen molar-refractivity contribution in [2.75, 3.05) is 19.7 Å². The van der Waals surface area contributed by atoms with E-state index in [1.807, 2.05) is 23.1 Å². The minimum atomic E-state index is 0.150. The quantitative estimate of drug-likeness (QED) is 0.814. The third-order valence-electron chi connectivity index (χ3n) is 3.43. The van der Waals surface area contributed by atoms with Crippen molar-refractivity contribution in [1.29, 1.82) is 0 Å². The molecule has 0 radical (unpaired) electrons. The topological polar surface area (TPSA) is 29.5 Å². The molecule has 0 fully saturated rings. The van der Waals surface area contributed by atoms with Crippen LogP contribution in [0.2, 0.25) is 0 Å². The molecule has 2 rings (SSSR count). The molecule has 3 nitrogen and oxygen atoms in total. The molecule has 0 N–H and O–H groups in total. The fourth-order valence-electron chi connectivity index (χ4n) is 2.53. The smallest absolute Gasteiger partial charge is 0.253 e. The van der Waals surface area contributed by atoms with E-state index < -0.39 is 0 Å². The highest BCUT2D eigenvalue weighted by atomic mass is 16.5. The first-order chi connectivity index (χ1) is 9.26. The fourth-order valence-corrected chi connectivity index (χ4v) is 2.53. The van der Waals surface area contributed by atoms with E-state index >= 15 is 0 Å². The second-order valence-electron chi connectivity index (χ2n) is 5.07. The molecule has 1 heterocycles. The van der Waals surface area contributed by atoms with Crippen LogP contribution < -0.4 is 4.74 Å². The van der Waals surface area contributed by atoms with Crippen molar-refractivity contribution in [3.05, 3.63) is 29.3 Å². The van der Waals surface area contributed by atoms with Crippen LogP contribution in [0.5, 0.6) is 5.75 Å². The lowest BCUT2D eigenvalue weighted by Gasteiger charge is -2.23. The molecular formula is C16H23NO2. The molecule has 0 aliphatic carbocycles. The van der Waals surface area contributed by atoms with Crippen LogP contribution in [0.3, 0.4) is 0 Å². The van der Waals surface area contributed by atoms with Gasteiger partial charge in [-0.3, -0.25) is 4.79 Å². The molecule has 0 aromatic heterocycles. The van der Waals surface area contributed by atoms with Gasteiger partial charge in [-0.15, -0.1) is 0 Å².